The van der Waals surface area contributed by atoms with E-state index in [9.17, 15) is 4.79 Å². The van der Waals surface area contributed by atoms with Gasteiger partial charge in [-0.25, -0.2) is 4.79 Å². The number of ether oxygens (including phenoxy) is 1. The fourth-order valence-electron chi connectivity index (χ4n) is 2.51. The van der Waals surface area contributed by atoms with Gasteiger partial charge in [-0.05, 0) is 18.2 Å². The van der Waals surface area contributed by atoms with Crippen LogP contribution in [0.25, 0.3) is 22.2 Å². The minimum atomic E-state index is -0.962. The maximum Gasteiger partial charge on any atom is 0.335 e. The van der Waals surface area contributed by atoms with Gasteiger partial charge >= 0.3 is 5.97 Å². The van der Waals surface area contributed by atoms with Crippen LogP contribution in [0.1, 0.15) is 10.4 Å². The van der Waals surface area contributed by atoms with E-state index >= 15 is 0 Å². The number of carboxylic acid groups (broad SMARTS) is 1. The van der Waals surface area contributed by atoms with Crippen molar-refractivity contribution in [3.8, 4) is 17.0 Å². The second kappa shape index (κ2) is 4.94. The lowest BCUT2D eigenvalue weighted by atomic mass is 10.1. The summed E-state index contributed by atoms with van der Waals surface area (Å²) < 4.78 is 7.34. The summed E-state index contributed by atoms with van der Waals surface area (Å²) in [5.74, 6) is -0.188. The topological polar surface area (TPSA) is 64.3 Å². The standard InChI is InChI=1S/C16H14N2O3/c1-18-9-12(11-4-3-5-14(21-2)15(11)18)13-8-10(16(19)20)6-7-17-13/h3-9H,1-2H3,(H,19,20). The van der Waals surface area contributed by atoms with E-state index in [0.717, 1.165) is 22.2 Å². The van der Waals surface area contributed by atoms with Gasteiger partial charge in [0, 0.05) is 30.4 Å². The highest BCUT2D eigenvalue weighted by atomic mass is 16.5. The molecule has 3 rings (SSSR count). The Morgan fingerprint density at radius 3 is 2.86 bits per heavy atom. The zero-order valence-corrected chi connectivity index (χ0v) is 11.7. The molecule has 0 saturated carbocycles. The van der Waals surface area contributed by atoms with E-state index < -0.39 is 5.97 Å². The second-order valence-electron chi connectivity index (χ2n) is 4.75. The Hall–Kier alpha value is -2.82. The number of pyridine rings is 1. The van der Waals surface area contributed by atoms with E-state index in [4.69, 9.17) is 9.84 Å². The number of carboxylic acids is 1. The van der Waals surface area contributed by atoms with Crippen molar-refractivity contribution in [1.82, 2.24) is 9.55 Å². The Balaban J connectivity index is 2.26. The normalized spacial score (nSPS) is 10.8. The molecule has 106 valence electrons. The first-order valence-electron chi connectivity index (χ1n) is 6.43. The van der Waals surface area contributed by atoms with E-state index in [-0.39, 0.29) is 5.56 Å². The highest BCUT2D eigenvalue weighted by Crippen LogP contribution is 2.34. The third kappa shape index (κ3) is 2.12. The SMILES string of the molecule is COc1cccc2c(-c3cc(C(=O)O)ccn3)cn(C)c12. The quantitative estimate of drug-likeness (QED) is 0.802. The van der Waals surface area contributed by atoms with Crippen LogP contribution in [0.2, 0.25) is 0 Å². The van der Waals surface area contributed by atoms with Gasteiger partial charge in [-0.1, -0.05) is 12.1 Å². The van der Waals surface area contributed by atoms with Gasteiger partial charge in [0.15, 0.2) is 0 Å². The third-order valence-corrected chi connectivity index (χ3v) is 3.47. The highest BCUT2D eigenvalue weighted by Gasteiger charge is 2.14. The van der Waals surface area contributed by atoms with Gasteiger partial charge in [-0.3, -0.25) is 4.98 Å². The fraction of sp³-hybridized carbons (Fsp3) is 0.125. The average molecular weight is 282 g/mol. The molecule has 5 heteroatoms. The number of aromatic carboxylic acids is 1. The number of benzene rings is 1. The smallest absolute Gasteiger partial charge is 0.335 e. The summed E-state index contributed by atoms with van der Waals surface area (Å²) in [6.45, 7) is 0. The molecule has 0 unspecified atom stereocenters. The van der Waals surface area contributed by atoms with Crippen LogP contribution >= 0.6 is 0 Å². The van der Waals surface area contributed by atoms with Crippen molar-refractivity contribution in [1.29, 1.82) is 0 Å². The molecule has 2 aromatic heterocycles. The summed E-state index contributed by atoms with van der Waals surface area (Å²) in [4.78, 5) is 15.4. The highest BCUT2D eigenvalue weighted by molar-refractivity contribution is 5.99. The first-order chi connectivity index (χ1) is 10.1. The van der Waals surface area contributed by atoms with Gasteiger partial charge in [0.05, 0.1) is 23.9 Å². The second-order valence-corrected chi connectivity index (χ2v) is 4.75. The number of rotatable bonds is 3. The number of carbonyl (C=O) groups is 1. The van der Waals surface area contributed by atoms with Gasteiger partial charge in [0.1, 0.15) is 5.75 Å². The van der Waals surface area contributed by atoms with E-state index in [0.29, 0.717) is 5.69 Å². The van der Waals surface area contributed by atoms with Crippen molar-refractivity contribution in [3.63, 3.8) is 0 Å². The lowest BCUT2D eigenvalue weighted by Gasteiger charge is -2.04. The van der Waals surface area contributed by atoms with E-state index in [1.807, 2.05) is 36.0 Å². The molecule has 1 N–H and O–H groups in total. The van der Waals surface area contributed by atoms with Crippen LogP contribution < -0.4 is 4.74 Å². The molecule has 0 spiro atoms. The Bertz CT molecular complexity index is 837. The third-order valence-electron chi connectivity index (χ3n) is 3.47. The summed E-state index contributed by atoms with van der Waals surface area (Å²) in [7, 11) is 3.56. The van der Waals surface area contributed by atoms with Crippen molar-refractivity contribution < 1.29 is 14.6 Å². The van der Waals surface area contributed by atoms with Crippen molar-refractivity contribution in [2.45, 2.75) is 0 Å². The Morgan fingerprint density at radius 1 is 1.33 bits per heavy atom. The van der Waals surface area contributed by atoms with Gasteiger partial charge in [0.2, 0.25) is 0 Å². The number of aryl methyl sites for hydroxylation is 1. The molecule has 5 nitrogen and oxygen atoms in total. The molecule has 1 aromatic carbocycles. The molecule has 0 aliphatic heterocycles. The molecule has 3 aromatic rings. The minimum Gasteiger partial charge on any atom is -0.495 e. The van der Waals surface area contributed by atoms with E-state index in [2.05, 4.69) is 4.98 Å². The van der Waals surface area contributed by atoms with Crippen LogP contribution in [-0.4, -0.2) is 27.7 Å². The molecule has 0 atom stereocenters. The number of fused-ring (bicyclic) bond motifs is 1. The molecular weight excluding hydrogens is 268 g/mol. The van der Waals surface area contributed by atoms with Crippen LogP contribution in [0.4, 0.5) is 0 Å². The summed E-state index contributed by atoms with van der Waals surface area (Å²) >= 11 is 0. The fourth-order valence-corrected chi connectivity index (χ4v) is 2.51. The Kier molecular flexibility index (Phi) is 3.10. The number of hydrogen-bond acceptors (Lipinski definition) is 3. The predicted octanol–water partition coefficient (Wildman–Crippen LogP) is 2.95. The number of nitrogens with zero attached hydrogens (tertiary/aromatic N) is 2. The van der Waals surface area contributed by atoms with Crippen LogP contribution in [0.5, 0.6) is 5.75 Å². The average Bonchev–Trinajstić information content (AvgIpc) is 2.85. The van der Waals surface area contributed by atoms with E-state index in [1.165, 1.54) is 12.3 Å². The molecule has 21 heavy (non-hydrogen) atoms. The molecule has 0 amide bonds. The van der Waals surface area contributed by atoms with Crippen LogP contribution in [0.3, 0.4) is 0 Å². The zero-order chi connectivity index (χ0) is 15.0. The van der Waals surface area contributed by atoms with Gasteiger partial charge in [-0.15, -0.1) is 0 Å². The number of aromatic nitrogens is 2. The summed E-state index contributed by atoms with van der Waals surface area (Å²) in [5, 5.41) is 10.1. The molecule has 0 aliphatic carbocycles. The molecule has 0 saturated heterocycles. The van der Waals surface area contributed by atoms with E-state index in [1.54, 1.807) is 13.2 Å². The van der Waals surface area contributed by atoms with Gasteiger partial charge < -0.3 is 14.4 Å². The van der Waals surface area contributed by atoms with Crippen LogP contribution in [0, 0.1) is 0 Å². The predicted molar refractivity (Wildman–Crippen MR) is 79.7 cm³/mol. The molecule has 0 fully saturated rings. The number of methoxy groups -OCH3 is 1. The van der Waals surface area contributed by atoms with Crippen molar-refractivity contribution in [3.05, 3.63) is 48.3 Å². The largest absolute Gasteiger partial charge is 0.495 e. The summed E-state index contributed by atoms with van der Waals surface area (Å²) in [6, 6.07) is 8.84. The maximum absolute atomic E-state index is 11.1. The number of hydrogen-bond donors (Lipinski definition) is 1. The molecule has 0 bridgehead atoms. The molecule has 0 aliphatic rings. The van der Waals surface area contributed by atoms with Crippen LogP contribution in [0.15, 0.2) is 42.7 Å². The number of para-hydroxylation sites is 1. The molecule has 0 radical (unpaired) electrons. The van der Waals surface area contributed by atoms with Gasteiger partial charge in [-0.2, -0.15) is 0 Å². The summed E-state index contributed by atoms with van der Waals surface area (Å²) in [5.41, 5.74) is 2.70. The maximum atomic E-state index is 11.1. The van der Waals surface area contributed by atoms with Crippen molar-refractivity contribution >= 4 is 16.9 Å². The van der Waals surface area contributed by atoms with Gasteiger partial charge in [0.25, 0.3) is 0 Å². The van der Waals surface area contributed by atoms with Crippen molar-refractivity contribution in [2.24, 2.45) is 7.05 Å². The molecular formula is C16H14N2O3. The summed E-state index contributed by atoms with van der Waals surface area (Å²) in [6.07, 6.45) is 3.44. The zero-order valence-electron chi connectivity index (χ0n) is 11.7. The first-order valence-corrected chi connectivity index (χ1v) is 6.43. The van der Waals surface area contributed by atoms with Crippen molar-refractivity contribution in [2.75, 3.05) is 7.11 Å². The first kappa shape index (κ1) is 13.2. The van der Waals surface area contributed by atoms with Crippen LogP contribution in [-0.2, 0) is 7.05 Å². The lowest BCUT2D eigenvalue weighted by Crippen LogP contribution is -1.97. The Morgan fingerprint density at radius 2 is 2.14 bits per heavy atom. The Labute approximate surface area is 121 Å². The lowest BCUT2D eigenvalue weighted by molar-refractivity contribution is 0.0697. The monoisotopic (exact) mass is 282 g/mol. The minimum absolute atomic E-state index is 0.222. The molecule has 2 heterocycles.